The molecule has 6 nitrogen and oxygen atoms in total. The lowest BCUT2D eigenvalue weighted by molar-refractivity contribution is -0.275. The zero-order chi connectivity index (χ0) is 15.3. The third-order valence-corrected chi connectivity index (χ3v) is 2.25. The van der Waals surface area contributed by atoms with Crippen LogP contribution in [0.2, 0.25) is 0 Å². The highest BCUT2D eigenvalue weighted by atomic mass is 19.4. The van der Waals surface area contributed by atoms with Crippen molar-refractivity contribution in [2.75, 3.05) is 6.61 Å². The fraction of sp³-hybridized carbons (Fsp3) is 0.455. The molecule has 0 radical (unpaired) electrons. The van der Waals surface area contributed by atoms with Gasteiger partial charge in [0.15, 0.2) is 0 Å². The quantitative estimate of drug-likeness (QED) is 0.785. The number of pyridine rings is 1. The van der Waals surface area contributed by atoms with Crippen LogP contribution in [0.3, 0.4) is 0 Å². The van der Waals surface area contributed by atoms with Crippen LogP contribution in [0.1, 0.15) is 18.2 Å². The molecular weight excluding hydrogens is 281 g/mol. The molecule has 1 rings (SSSR count). The Morgan fingerprint density at radius 3 is 2.60 bits per heavy atom. The van der Waals surface area contributed by atoms with Crippen molar-refractivity contribution in [2.45, 2.75) is 26.3 Å². The lowest BCUT2D eigenvalue weighted by Gasteiger charge is -2.15. The Morgan fingerprint density at radius 1 is 1.45 bits per heavy atom. The van der Waals surface area contributed by atoms with E-state index in [0.29, 0.717) is 6.07 Å². The number of H-pyrrole nitrogens is 1. The molecule has 1 aromatic rings. The molecule has 0 atom stereocenters. The molecule has 0 unspecified atom stereocenters. The SMILES string of the molecule is CCOC(=O)Cc1c(OC(F)(F)F)cc(=O)[nH]c1CN. The molecule has 0 aromatic carbocycles. The van der Waals surface area contributed by atoms with E-state index in [2.05, 4.69) is 14.5 Å². The summed E-state index contributed by atoms with van der Waals surface area (Å²) in [7, 11) is 0. The van der Waals surface area contributed by atoms with Gasteiger partial charge in [0.1, 0.15) is 5.75 Å². The van der Waals surface area contributed by atoms with Crippen molar-refractivity contribution in [1.82, 2.24) is 4.98 Å². The molecule has 0 bridgehead atoms. The molecule has 112 valence electrons. The Kier molecular flexibility index (Phi) is 5.14. The number of aromatic nitrogens is 1. The zero-order valence-corrected chi connectivity index (χ0v) is 10.5. The molecule has 0 saturated carbocycles. The van der Waals surface area contributed by atoms with Crippen molar-refractivity contribution in [3.8, 4) is 5.75 Å². The average molecular weight is 294 g/mol. The largest absolute Gasteiger partial charge is 0.573 e. The average Bonchev–Trinajstić information content (AvgIpc) is 2.30. The van der Waals surface area contributed by atoms with E-state index in [1.807, 2.05) is 0 Å². The third-order valence-electron chi connectivity index (χ3n) is 2.25. The maximum Gasteiger partial charge on any atom is 0.573 e. The first-order chi connectivity index (χ1) is 9.26. The van der Waals surface area contributed by atoms with Crippen molar-refractivity contribution in [1.29, 1.82) is 0 Å². The van der Waals surface area contributed by atoms with Crippen molar-refractivity contribution >= 4 is 5.97 Å². The number of esters is 1. The second kappa shape index (κ2) is 6.42. The van der Waals surface area contributed by atoms with Gasteiger partial charge in [0.2, 0.25) is 0 Å². The number of carbonyl (C=O) groups excluding carboxylic acids is 1. The van der Waals surface area contributed by atoms with Crippen LogP contribution >= 0.6 is 0 Å². The summed E-state index contributed by atoms with van der Waals surface area (Å²) < 4.78 is 45.3. The molecule has 0 aliphatic rings. The molecule has 0 aliphatic carbocycles. The van der Waals surface area contributed by atoms with Gasteiger partial charge < -0.3 is 20.2 Å². The smallest absolute Gasteiger partial charge is 0.466 e. The van der Waals surface area contributed by atoms with Crippen LogP contribution in [0.5, 0.6) is 5.75 Å². The van der Waals surface area contributed by atoms with E-state index in [-0.39, 0.29) is 24.4 Å². The highest BCUT2D eigenvalue weighted by Gasteiger charge is 2.33. The second-order valence-corrected chi connectivity index (χ2v) is 3.69. The normalized spacial score (nSPS) is 11.2. The highest BCUT2D eigenvalue weighted by molar-refractivity contribution is 5.74. The predicted octanol–water partition coefficient (Wildman–Crippen LogP) is 0.838. The number of rotatable bonds is 5. The van der Waals surface area contributed by atoms with Gasteiger partial charge in [-0.3, -0.25) is 9.59 Å². The third kappa shape index (κ3) is 4.57. The summed E-state index contributed by atoms with van der Waals surface area (Å²) in [5.74, 6) is -1.50. The van der Waals surface area contributed by atoms with E-state index >= 15 is 0 Å². The summed E-state index contributed by atoms with van der Waals surface area (Å²) in [6.07, 6.45) is -5.47. The first kappa shape index (κ1) is 16.0. The Balaban J connectivity index is 3.22. The van der Waals surface area contributed by atoms with E-state index in [4.69, 9.17) is 5.73 Å². The van der Waals surface area contributed by atoms with E-state index in [1.165, 1.54) is 0 Å². The number of aromatic amines is 1. The van der Waals surface area contributed by atoms with Crippen LogP contribution in [-0.4, -0.2) is 23.9 Å². The minimum Gasteiger partial charge on any atom is -0.466 e. The highest BCUT2D eigenvalue weighted by Crippen LogP contribution is 2.27. The van der Waals surface area contributed by atoms with E-state index in [1.54, 1.807) is 6.92 Å². The van der Waals surface area contributed by atoms with E-state index < -0.39 is 30.1 Å². The van der Waals surface area contributed by atoms with Gasteiger partial charge in [-0.1, -0.05) is 0 Å². The number of hydrogen-bond acceptors (Lipinski definition) is 5. The summed E-state index contributed by atoms with van der Waals surface area (Å²) in [6.45, 7) is 1.39. The number of halogens is 3. The lowest BCUT2D eigenvalue weighted by atomic mass is 10.1. The van der Waals surface area contributed by atoms with Gasteiger partial charge in [-0.25, -0.2) is 0 Å². The zero-order valence-electron chi connectivity index (χ0n) is 10.5. The van der Waals surface area contributed by atoms with Gasteiger partial charge in [0.25, 0.3) is 5.56 Å². The molecule has 0 fully saturated rings. The fourth-order valence-electron chi connectivity index (χ4n) is 1.56. The molecule has 0 spiro atoms. The second-order valence-electron chi connectivity index (χ2n) is 3.69. The number of nitrogens with two attached hydrogens (primary N) is 1. The van der Waals surface area contributed by atoms with Crippen LogP contribution in [0.4, 0.5) is 13.2 Å². The van der Waals surface area contributed by atoms with Gasteiger partial charge in [0, 0.05) is 23.9 Å². The molecule has 1 aromatic heterocycles. The Labute approximate surface area is 111 Å². The van der Waals surface area contributed by atoms with E-state index in [9.17, 15) is 22.8 Å². The molecule has 0 amide bonds. The first-order valence-corrected chi connectivity index (χ1v) is 5.63. The van der Waals surface area contributed by atoms with Gasteiger partial charge >= 0.3 is 12.3 Å². The van der Waals surface area contributed by atoms with E-state index in [0.717, 1.165) is 0 Å². The summed E-state index contributed by atoms with van der Waals surface area (Å²) in [6, 6.07) is 0.612. The monoisotopic (exact) mass is 294 g/mol. The minimum absolute atomic E-state index is 0.00944. The van der Waals surface area contributed by atoms with Crippen LogP contribution in [0, 0.1) is 0 Å². The van der Waals surface area contributed by atoms with Crippen LogP contribution < -0.4 is 16.0 Å². The molecule has 20 heavy (non-hydrogen) atoms. The van der Waals surface area contributed by atoms with Crippen LogP contribution in [0.25, 0.3) is 0 Å². The van der Waals surface area contributed by atoms with Crippen molar-refractivity contribution in [3.63, 3.8) is 0 Å². The van der Waals surface area contributed by atoms with Gasteiger partial charge in [0.05, 0.1) is 13.0 Å². The molecule has 0 aliphatic heterocycles. The van der Waals surface area contributed by atoms with Crippen molar-refractivity contribution in [3.05, 3.63) is 27.7 Å². The summed E-state index contributed by atoms with van der Waals surface area (Å²) in [5, 5.41) is 0. The summed E-state index contributed by atoms with van der Waals surface area (Å²) in [4.78, 5) is 24.9. The van der Waals surface area contributed by atoms with Gasteiger partial charge in [-0.05, 0) is 6.92 Å². The summed E-state index contributed by atoms with van der Waals surface area (Å²) in [5.41, 5.74) is 4.38. The molecule has 1 heterocycles. The summed E-state index contributed by atoms with van der Waals surface area (Å²) >= 11 is 0. The number of carbonyl (C=O) groups is 1. The molecular formula is C11H13F3N2O4. The van der Waals surface area contributed by atoms with Crippen molar-refractivity contribution in [2.24, 2.45) is 5.73 Å². The van der Waals surface area contributed by atoms with Crippen LogP contribution in [-0.2, 0) is 22.5 Å². The molecule has 0 saturated heterocycles. The number of hydrogen-bond donors (Lipinski definition) is 2. The maximum atomic E-state index is 12.3. The van der Waals surface area contributed by atoms with Gasteiger partial charge in [-0.15, -0.1) is 13.2 Å². The Bertz CT molecular complexity index is 539. The molecule has 3 N–H and O–H groups in total. The fourth-order valence-corrected chi connectivity index (χ4v) is 1.56. The Hall–Kier alpha value is -2.03. The first-order valence-electron chi connectivity index (χ1n) is 5.63. The molecule has 9 heteroatoms. The Morgan fingerprint density at radius 2 is 2.10 bits per heavy atom. The topological polar surface area (TPSA) is 94.4 Å². The van der Waals surface area contributed by atoms with Crippen LogP contribution in [0.15, 0.2) is 10.9 Å². The lowest BCUT2D eigenvalue weighted by Crippen LogP contribution is -2.23. The number of ether oxygens (including phenoxy) is 2. The van der Waals surface area contributed by atoms with Gasteiger partial charge in [-0.2, -0.15) is 0 Å². The standard InChI is InChI=1S/C11H13F3N2O4/c1-2-19-10(18)3-6-7(5-15)16-9(17)4-8(6)20-11(12,13)14/h4H,2-3,5,15H2,1H3,(H,16,17). The number of alkyl halides is 3. The number of nitrogens with one attached hydrogen (secondary N) is 1. The maximum absolute atomic E-state index is 12.3. The van der Waals surface area contributed by atoms with Crippen molar-refractivity contribution < 1.29 is 27.4 Å². The predicted molar refractivity (Wildman–Crippen MR) is 62.0 cm³/mol. The minimum atomic E-state index is -4.98.